The van der Waals surface area contributed by atoms with Gasteiger partial charge in [0.1, 0.15) is 5.01 Å². The van der Waals surface area contributed by atoms with Crippen molar-refractivity contribution in [3.8, 4) is 21.8 Å². The first kappa shape index (κ1) is 18.1. The molecule has 0 aliphatic heterocycles. The fourth-order valence-electron chi connectivity index (χ4n) is 2.84. The van der Waals surface area contributed by atoms with Gasteiger partial charge in [0.2, 0.25) is 0 Å². The Morgan fingerprint density at radius 1 is 1.07 bits per heavy atom. The van der Waals surface area contributed by atoms with E-state index in [0.29, 0.717) is 11.4 Å². The molecule has 4 aromatic rings. The van der Waals surface area contributed by atoms with Crippen LogP contribution in [0.15, 0.2) is 60.6 Å². The van der Waals surface area contributed by atoms with E-state index in [0.717, 1.165) is 27.9 Å². The van der Waals surface area contributed by atoms with Crippen molar-refractivity contribution in [2.75, 3.05) is 0 Å². The van der Waals surface area contributed by atoms with Gasteiger partial charge in [-0.15, -0.1) is 11.3 Å². The Labute approximate surface area is 165 Å². The smallest absolute Gasteiger partial charge is 0.171 e. The monoisotopic (exact) mass is 390 g/mol. The zero-order valence-electron chi connectivity index (χ0n) is 15.0. The number of nitrogens with zero attached hydrogens (tertiary/aromatic N) is 4. The summed E-state index contributed by atoms with van der Waals surface area (Å²) in [6.45, 7) is 2.01. The van der Waals surface area contributed by atoms with Gasteiger partial charge in [0.25, 0.3) is 0 Å². The lowest BCUT2D eigenvalue weighted by Crippen LogP contribution is -2.08. The van der Waals surface area contributed by atoms with Crippen LogP contribution >= 0.6 is 11.3 Å². The molecule has 0 aliphatic carbocycles. The Balaban J connectivity index is 1.58. The highest BCUT2D eigenvalue weighted by Gasteiger charge is 2.14. The predicted molar refractivity (Wildman–Crippen MR) is 106 cm³/mol. The second-order valence-electron chi connectivity index (χ2n) is 6.22. The molecule has 138 valence electrons. The molecule has 4 rings (SSSR count). The Morgan fingerprint density at radius 3 is 2.68 bits per heavy atom. The third kappa shape index (κ3) is 3.70. The Bertz CT molecular complexity index is 1130. The summed E-state index contributed by atoms with van der Waals surface area (Å²) in [4.78, 5) is 29.1. The second kappa shape index (κ2) is 7.74. The van der Waals surface area contributed by atoms with Gasteiger partial charge < -0.3 is 0 Å². The third-order valence-corrected chi connectivity index (χ3v) is 5.13. The molecule has 0 fully saturated rings. The quantitative estimate of drug-likeness (QED) is 0.468. The van der Waals surface area contributed by atoms with E-state index in [1.54, 1.807) is 29.9 Å². The Kier molecular flexibility index (Phi) is 4.99. The molecule has 5 nitrogen and oxygen atoms in total. The molecule has 0 atom stereocenters. The average molecular weight is 390 g/mol. The van der Waals surface area contributed by atoms with E-state index in [1.807, 2.05) is 30.5 Å². The molecule has 28 heavy (non-hydrogen) atoms. The second-order valence-corrected chi connectivity index (χ2v) is 7.11. The first-order valence-corrected chi connectivity index (χ1v) is 9.44. The highest BCUT2D eigenvalue weighted by atomic mass is 32.1. The van der Waals surface area contributed by atoms with E-state index in [4.69, 9.17) is 0 Å². The highest BCUT2D eigenvalue weighted by Crippen LogP contribution is 2.29. The Hall–Kier alpha value is -3.32. The van der Waals surface area contributed by atoms with E-state index < -0.39 is 5.82 Å². The van der Waals surface area contributed by atoms with Crippen molar-refractivity contribution in [3.05, 3.63) is 83.3 Å². The van der Waals surface area contributed by atoms with Crippen LogP contribution in [-0.2, 0) is 6.42 Å². The minimum atomic E-state index is -0.633. The molecule has 0 radical (unpaired) electrons. The molecule has 0 bridgehead atoms. The molecule has 7 heteroatoms. The van der Waals surface area contributed by atoms with Gasteiger partial charge >= 0.3 is 0 Å². The Morgan fingerprint density at radius 2 is 1.96 bits per heavy atom. The van der Waals surface area contributed by atoms with Crippen LogP contribution in [0, 0.1) is 12.7 Å². The summed E-state index contributed by atoms with van der Waals surface area (Å²) >= 11 is 1.57. The van der Waals surface area contributed by atoms with E-state index in [-0.39, 0.29) is 17.8 Å². The first-order chi connectivity index (χ1) is 13.6. The van der Waals surface area contributed by atoms with Gasteiger partial charge in [0.15, 0.2) is 11.6 Å². The number of hydrogen-bond acceptors (Lipinski definition) is 6. The predicted octanol–water partition coefficient (Wildman–Crippen LogP) is 4.54. The van der Waals surface area contributed by atoms with Crippen molar-refractivity contribution < 1.29 is 9.18 Å². The lowest BCUT2D eigenvalue weighted by Gasteiger charge is -2.08. The summed E-state index contributed by atoms with van der Waals surface area (Å²) in [6, 6.07) is 7.46. The lowest BCUT2D eigenvalue weighted by molar-refractivity contribution is 0.0988. The zero-order chi connectivity index (χ0) is 19.5. The summed E-state index contributed by atoms with van der Waals surface area (Å²) < 4.78 is 13.7. The number of benzene rings is 1. The van der Waals surface area contributed by atoms with Gasteiger partial charge in [-0.05, 0) is 24.6 Å². The molecule has 3 heterocycles. The van der Waals surface area contributed by atoms with Crippen LogP contribution in [0.25, 0.3) is 21.8 Å². The van der Waals surface area contributed by atoms with Crippen molar-refractivity contribution in [3.63, 3.8) is 0 Å². The van der Waals surface area contributed by atoms with Gasteiger partial charge in [0.05, 0.1) is 35.8 Å². The fraction of sp³-hybridized carbons (Fsp3) is 0.0952. The fourth-order valence-corrected chi connectivity index (χ4v) is 3.48. The van der Waals surface area contributed by atoms with Crippen molar-refractivity contribution >= 4 is 17.1 Å². The molecule has 0 saturated carbocycles. The summed E-state index contributed by atoms with van der Waals surface area (Å²) in [7, 11) is 0. The average Bonchev–Trinajstić information content (AvgIpc) is 3.24. The van der Waals surface area contributed by atoms with Gasteiger partial charge in [-0.25, -0.2) is 9.37 Å². The molecule has 0 N–H and O–H groups in total. The van der Waals surface area contributed by atoms with Crippen LogP contribution in [-0.4, -0.2) is 25.7 Å². The van der Waals surface area contributed by atoms with Gasteiger partial charge in [-0.2, -0.15) is 0 Å². The minimum Gasteiger partial charge on any atom is -0.294 e. The van der Waals surface area contributed by atoms with Crippen LogP contribution < -0.4 is 0 Å². The molecule has 0 saturated heterocycles. The van der Waals surface area contributed by atoms with Crippen molar-refractivity contribution in [1.82, 2.24) is 19.9 Å². The number of halogens is 1. The topological polar surface area (TPSA) is 68.6 Å². The van der Waals surface area contributed by atoms with Crippen molar-refractivity contribution in [2.24, 2.45) is 0 Å². The molecule has 0 spiro atoms. The normalized spacial score (nSPS) is 10.8. The van der Waals surface area contributed by atoms with E-state index in [9.17, 15) is 9.18 Å². The standard InChI is InChI=1S/C21H15FN4OS/c1-13-2-3-14(21-24-6-7-28-21)8-17(13)19-12-25-15(10-26-19)9-20(27)16-4-5-23-11-18(16)22/h2-8,10-12H,9H2,1H3. The number of Topliss-reactive ketones (excluding diaryl/α,β-unsaturated/α-hetero) is 1. The maximum Gasteiger partial charge on any atom is 0.171 e. The van der Waals surface area contributed by atoms with Gasteiger partial charge in [0, 0.05) is 35.1 Å². The molecular weight excluding hydrogens is 375 g/mol. The maximum absolute atomic E-state index is 13.7. The number of aromatic nitrogens is 4. The molecule has 3 aromatic heterocycles. The number of pyridine rings is 1. The number of carbonyl (C=O) groups excluding carboxylic acids is 1. The summed E-state index contributed by atoms with van der Waals surface area (Å²) in [5, 5.41) is 2.88. The number of hydrogen-bond donors (Lipinski definition) is 0. The molecule has 0 aliphatic rings. The number of carbonyl (C=O) groups is 1. The van der Waals surface area contributed by atoms with Crippen LogP contribution in [0.3, 0.4) is 0 Å². The van der Waals surface area contributed by atoms with Crippen LogP contribution in [0.2, 0.25) is 0 Å². The van der Waals surface area contributed by atoms with Gasteiger partial charge in [-0.3, -0.25) is 19.7 Å². The first-order valence-electron chi connectivity index (χ1n) is 8.56. The molecule has 0 unspecified atom stereocenters. The SMILES string of the molecule is Cc1ccc(-c2nccs2)cc1-c1cnc(CC(=O)c2ccncc2F)cn1. The number of rotatable bonds is 5. The van der Waals surface area contributed by atoms with E-state index in [1.165, 1.54) is 12.3 Å². The van der Waals surface area contributed by atoms with E-state index in [2.05, 4.69) is 19.9 Å². The van der Waals surface area contributed by atoms with Crippen molar-refractivity contribution in [2.45, 2.75) is 13.3 Å². The van der Waals surface area contributed by atoms with Gasteiger partial charge in [-0.1, -0.05) is 12.1 Å². The van der Waals surface area contributed by atoms with Crippen LogP contribution in [0.1, 0.15) is 21.6 Å². The summed E-state index contributed by atoms with van der Waals surface area (Å²) in [5.74, 6) is -0.990. The number of ketones is 1. The van der Waals surface area contributed by atoms with Crippen LogP contribution in [0.4, 0.5) is 4.39 Å². The molecule has 1 aromatic carbocycles. The lowest BCUT2D eigenvalue weighted by atomic mass is 10.0. The highest BCUT2D eigenvalue weighted by molar-refractivity contribution is 7.13. The number of thiazole rings is 1. The van der Waals surface area contributed by atoms with Crippen LogP contribution in [0.5, 0.6) is 0 Å². The molecular formula is C21H15FN4OS. The zero-order valence-corrected chi connectivity index (χ0v) is 15.8. The van der Waals surface area contributed by atoms with E-state index >= 15 is 0 Å². The maximum atomic E-state index is 13.7. The largest absolute Gasteiger partial charge is 0.294 e. The summed E-state index contributed by atoms with van der Waals surface area (Å²) in [5.41, 5.74) is 4.24. The number of aryl methyl sites for hydroxylation is 1. The van der Waals surface area contributed by atoms with Crippen molar-refractivity contribution in [1.29, 1.82) is 0 Å². The summed E-state index contributed by atoms with van der Waals surface area (Å²) in [6.07, 6.45) is 7.37. The molecule has 0 amide bonds. The minimum absolute atomic E-state index is 0.00729. The third-order valence-electron chi connectivity index (χ3n) is 4.31.